The van der Waals surface area contributed by atoms with E-state index in [4.69, 9.17) is 5.11 Å². The summed E-state index contributed by atoms with van der Waals surface area (Å²) >= 11 is 0. The van der Waals surface area contributed by atoms with Gasteiger partial charge in [0, 0.05) is 12.6 Å². The van der Waals surface area contributed by atoms with E-state index in [0.29, 0.717) is 6.54 Å². The quantitative estimate of drug-likeness (QED) is 0.739. The molecule has 0 bridgehead atoms. The molecule has 14 heavy (non-hydrogen) atoms. The Labute approximate surface area is 83.8 Å². The Morgan fingerprint density at radius 2 is 2.21 bits per heavy atom. The Morgan fingerprint density at radius 1 is 1.57 bits per heavy atom. The first-order chi connectivity index (χ1) is 6.43. The average molecular weight is 221 g/mol. The van der Waals surface area contributed by atoms with E-state index in [-0.39, 0.29) is 18.2 Å². The lowest BCUT2D eigenvalue weighted by Gasteiger charge is -2.20. The van der Waals surface area contributed by atoms with E-state index in [1.165, 1.54) is 4.31 Å². The molecule has 0 saturated carbocycles. The van der Waals surface area contributed by atoms with Gasteiger partial charge in [-0.25, -0.2) is 8.42 Å². The summed E-state index contributed by atoms with van der Waals surface area (Å²) in [5.74, 6) is -1.35. The number of hydrogen-bond acceptors (Lipinski definition) is 3. The molecular formula is C8H15NO4S. The van der Waals surface area contributed by atoms with Gasteiger partial charge in [0.15, 0.2) is 0 Å². The van der Waals surface area contributed by atoms with Crippen LogP contribution in [0.3, 0.4) is 0 Å². The third-order valence-electron chi connectivity index (χ3n) is 2.42. The molecule has 1 rings (SSSR count). The van der Waals surface area contributed by atoms with Crippen LogP contribution >= 0.6 is 0 Å². The first-order valence-electron chi connectivity index (χ1n) is 4.65. The minimum atomic E-state index is -3.35. The number of carbonyl (C=O) groups is 1. The number of nitrogens with zero attached hydrogens (tertiary/aromatic N) is 1. The maximum absolute atomic E-state index is 11.6. The third-order valence-corrected chi connectivity index (χ3v) is 4.40. The molecule has 6 heteroatoms. The van der Waals surface area contributed by atoms with Crippen LogP contribution in [0.15, 0.2) is 0 Å². The van der Waals surface area contributed by atoms with Crippen LogP contribution in [0.1, 0.15) is 26.2 Å². The zero-order chi connectivity index (χ0) is 10.8. The summed E-state index contributed by atoms with van der Waals surface area (Å²) in [5, 5.41) is 8.40. The number of aliphatic carboxylic acids is 1. The molecule has 0 aromatic heterocycles. The molecule has 82 valence electrons. The van der Waals surface area contributed by atoms with Gasteiger partial charge in [0.2, 0.25) is 10.0 Å². The molecule has 5 nitrogen and oxygen atoms in total. The Kier molecular flexibility index (Phi) is 3.49. The van der Waals surface area contributed by atoms with E-state index in [9.17, 15) is 13.2 Å². The Hall–Kier alpha value is -0.620. The topological polar surface area (TPSA) is 74.7 Å². The highest BCUT2D eigenvalue weighted by molar-refractivity contribution is 7.89. The predicted octanol–water partition coefficient (Wildman–Crippen LogP) is 0.275. The van der Waals surface area contributed by atoms with E-state index in [2.05, 4.69) is 0 Å². The Balaban J connectivity index is 2.60. The summed E-state index contributed by atoms with van der Waals surface area (Å²) in [6.45, 7) is 2.38. The second-order valence-electron chi connectivity index (χ2n) is 3.56. The highest BCUT2D eigenvalue weighted by Gasteiger charge is 2.31. The third kappa shape index (κ3) is 2.68. The Morgan fingerprint density at radius 3 is 2.64 bits per heavy atom. The summed E-state index contributed by atoms with van der Waals surface area (Å²) in [5.41, 5.74) is 0. The van der Waals surface area contributed by atoms with E-state index >= 15 is 0 Å². The predicted molar refractivity (Wildman–Crippen MR) is 51.4 cm³/mol. The maximum Gasteiger partial charge on any atom is 0.304 e. The van der Waals surface area contributed by atoms with Crippen molar-refractivity contribution in [3.63, 3.8) is 0 Å². The lowest BCUT2D eigenvalue weighted by atomic mass is 10.3. The molecule has 1 saturated heterocycles. The van der Waals surface area contributed by atoms with Crippen molar-refractivity contribution in [2.75, 3.05) is 12.3 Å². The van der Waals surface area contributed by atoms with E-state index < -0.39 is 16.0 Å². The van der Waals surface area contributed by atoms with Crippen LogP contribution in [0, 0.1) is 0 Å². The number of sulfonamides is 1. The highest BCUT2D eigenvalue weighted by atomic mass is 32.2. The summed E-state index contributed by atoms with van der Waals surface area (Å²) in [7, 11) is -3.35. The van der Waals surface area contributed by atoms with Crippen molar-refractivity contribution in [2.45, 2.75) is 32.2 Å². The van der Waals surface area contributed by atoms with Gasteiger partial charge in [0.25, 0.3) is 0 Å². The molecule has 1 unspecified atom stereocenters. The largest absolute Gasteiger partial charge is 0.481 e. The summed E-state index contributed by atoms with van der Waals surface area (Å²) in [6.07, 6.45) is 1.42. The SMILES string of the molecule is CC1CCCN1S(=O)(=O)CCC(=O)O. The molecule has 1 fully saturated rings. The fourth-order valence-corrected chi connectivity index (χ4v) is 3.38. The first-order valence-corrected chi connectivity index (χ1v) is 6.26. The van der Waals surface area contributed by atoms with Gasteiger partial charge in [-0.05, 0) is 19.8 Å². The van der Waals surface area contributed by atoms with Gasteiger partial charge < -0.3 is 5.11 Å². The van der Waals surface area contributed by atoms with Crippen LogP contribution in [-0.2, 0) is 14.8 Å². The fraction of sp³-hybridized carbons (Fsp3) is 0.875. The first kappa shape index (κ1) is 11.5. The number of rotatable bonds is 4. The van der Waals surface area contributed by atoms with E-state index in [0.717, 1.165) is 12.8 Å². The van der Waals surface area contributed by atoms with E-state index in [1.807, 2.05) is 6.92 Å². The molecule has 0 radical (unpaired) electrons. The fourth-order valence-electron chi connectivity index (χ4n) is 1.65. The number of carboxylic acid groups (broad SMARTS) is 1. The molecule has 1 atom stereocenters. The average Bonchev–Trinajstić information content (AvgIpc) is 2.48. The maximum atomic E-state index is 11.6. The normalized spacial score (nSPS) is 23.9. The Bertz CT molecular complexity index is 311. The summed E-state index contributed by atoms with van der Waals surface area (Å²) in [4.78, 5) is 10.3. The smallest absolute Gasteiger partial charge is 0.304 e. The van der Waals surface area contributed by atoms with Crippen LogP contribution in [-0.4, -0.2) is 42.1 Å². The van der Waals surface area contributed by atoms with Crippen molar-refractivity contribution in [1.82, 2.24) is 4.31 Å². The zero-order valence-corrected chi connectivity index (χ0v) is 8.96. The number of hydrogen-bond donors (Lipinski definition) is 1. The summed E-state index contributed by atoms with van der Waals surface area (Å²) in [6, 6.07) is 0.0220. The molecule has 1 aliphatic rings. The van der Waals surface area contributed by atoms with Gasteiger partial charge in [-0.2, -0.15) is 4.31 Å². The van der Waals surface area contributed by atoms with Gasteiger partial charge >= 0.3 is 5.97 Å². The molecule has 0 spiro atoms. The van der Waals surface area contributed by atoms with Gasteiger partial charge in [-0.15, -0.1) is 0 Å². The second kappa shape index (κ2) is 4.27. The van der Waals surface area contributed by atoms with Crippen molar-refractivity contribution in [2.24, 2.45) is 0 Å². The molecule has 0 amide bonds. The van der Waals surface area contributed by atoms with Crippen molar-refractivity contribution < 1.29 is 18.3 Å². The second-order valence-corrected chi connectivity index (χ2v) is 5.60. The molecule has 0 aromatic rings. The monoisotopic (exact) mass is 221 g/mol. The van der Waals surface area contributed by atoms with Crippen LogP contribution < -0.4 is 0 Å². The van der Waals surface area contributed by atoms with Gasteiger partial charge in [0.1, 0.15) is 0 Å². The molecule has 1 heterocycles. The zero-order valence-electron chi connectivity index (χ0n) is 8.14. The van der Waals surface area contributed by atoms with Crippen molar-refractivity contribution in [1.29, 1.82) is 0 Å². The standard InChI is InChI=1S/C8H15NO4S/c1-7-3-2-5-9(7)14(12,13)6-4-8(10)11/h7H,2-6H2,1H3,(H,10,11). The molecular weight excluding hydrogens is 206 g/mol. The van der Waals surface area contributed by atoms with Crippen molar-refractivity contribution in [3.05, 3.63) is 0 Å². The highest BCUT2D eigenvalue weighted by Crippen LogP contribution is 2.20. The van der Waals surface area contributed by atoms with Gasteiger partial charge in [-0.3, -0.25) is 4.79 Å². The van der Waals surface area contributed by atoms with Crippen LogP contribution in [0.25, 0.3) is 0 Å². The lowest BCUT2D eigenvalue weighted by Crippen LogP contribution is -2.35. The van der Waals surface area contributed by atoms with Gasteiger partial charge in [0.05, 0.1) is 12.2 Å². The minimum Gasteiger partial charge on any atom is -0.481 e. The molecule has 0 aromatic carbocycles. The summed E-state index contributed by atoms with van der Waals surface area (Å²) < 4.78 is 24.6. The molecule has 1 N–H and O–H groups in total. The van der Waals surface area contributed by atoms with Crippen molar-refractivity contribution >= 4 is 16.0 Å². The minimum absolute atomic E-state index is 0.0220. The molecule has 1 aliphatic heterocycles. The molecule has 0 aliphatic carbocycles. The van der Waals surface area contributed by atoms with Crippen molar-refractivity contribution in [3.8, 4) is 0 Å². The van der Waals surface area contributed by atoms with Gasteiger partial charge in [-0.1, -0.05) is 0 Å². The van der Waals surface area contributed by atoms with Crippen LogP contribution in [0.5, 0.6) is 0 Å². The van der Waals surface area contributed by atoms with E-state index in [1.54, 1.807) is 0 Å². The number of carboxylic acids is 1. The van der Waals surface area contributed by atoms with Crippen LogP contribution in [0.2, 0.25) is 0 Å². The lowest BCUT2D eigenvalue weighted by molar-refractivity contribution is -0.136. The van der Waals surface area contributed by atoms with Crippen LogP contribution in [0.4, 0.5) is 0 Å².